The minimum atomic E-state index is -0.248. The van der Waals surface area contributed by atoms with Crippen LogP contribution in [-0.2, 0) is 39.7 Å². The monoisotopic (exact) mass is 528 g/mol. The van der Waals surface area contributed by atoms with E-state index < -0.39 is 0 Å². The Morgan fingerprint density at radius 1 is 0.784 bits per heavy atom. The molecule has 0 fully saturated rings. The molecule has 0 saturated carbocycles. The maximum absolute atomic E-state index is 12.0. The fraction of sp³-hybridized carbons (Fsp3) is 0.739. The molecule has 0 aliphatic heterocycles. The molecule has 0 bridgehead atoms. The van der Waals surface area contributed by atoms with Gasteiger partial charge in [-0.15, -0.1) is 0 Å². The van der Waals surface area contributed by atoms with Gasteiger partial charge in [-0.05, 0) is 17.7 Å². The lowest BCUT2D eigenvalue weighted by molar-refractivity contribution is -0.0201. The predicted molar refractivity (Wildman–Crippen MR) is 134 cm³/mol. The van der Waals surface area contributed by atoms with E-state index >= 15 is 0 Å². The quantitative estimate of drug-likeness (QED) is 0.0751. The summed E-state index contributed by atoms with van der Waals surface area (Å²) in [5.74, 6) is -0.248. The molecule has 1 aromatic heterocycles. The van der Waals surface area contributed by atoms with E-state index in [-0.39, 0.29) is 12.5 Å². The van der Waals surface area contributed by atoms with Crippen molar-refractivity contribution in [3.8, 4) is 0 Å². The molecule has 0 aliphatic carbocycles. The molecule has 0 atom stereocenters. The van der Waals surface area contributed by atoms with E-state index in [2.05, 4.69) is 20.3 Å². The fourth-order valence-corrected chi connectivity index (χ4v) is 2.60. The number of pyridine rings is 1. The van der Waals surface area contributed by atoms with Gasteiger partial charge in [0.05, 0.1) is 105 Å². The summed E-state index contributed by atoms with van der Waals surface area (Å²) in [6.07, 6.45) is 1.44. The zero-order valence-electron chi connectivity index (χ0n) is 21.4. The number of nitrogens with one attached hydrogen (secondary N) is 1. The topological polar surface area (TPSA) is 181 Å². The third-order valence-corrected chi connectivity index (χ3v) is 4.41. The first kappa shape index (κ1) is 32.6. The second-order valence-corrected chi connectivity index (χ2v) is 7.26. The van der Waals surface area contributed by atoms with E-state index in [9.17, 15) is 4.79 Å². The number of hydrogen-bond acceptors (Lipinski definition) is 11. The Morgan fingerprint density at radius 2 is 1.24 bits per heavy atom. The van der Waals surface area contributed by atoms with Crippen molar-refractivity contribution in [2.24, 2.45) is 10.8 Å². The highest BCUT2D eigenvalue weighted by molar-refractivity contribution is 5.93. The Labute approximate surface area is 217 Å². The Kier molecular flexibility index (Phi) is 22.3. The Hall–Kier alpha value is -2.39. The number of amides is 1. The average Bonchev–Trinajstić information content (AvgIpc) is 2.92. The second kappa shape index (κ2) is 25.3. The number of ether oxygens (including phenoxy) is 7. The van der Waals surface area contributed by atoms with Crippen molar-refractivity contribution in [1.29, 1.82) is 0 Å². The van der Waals surface area contributed by atoms with Gasteiger partial charge in [-0.1, -0.05) is 5.11 Å². The van der Waals surface area contributed by atoms with Crippen LogP contribution in [0.2, 0.25) is 0 Å². The number of hydrogen-bond donors (Lipinski definition) is 2. The molecule has 0 spiro atoms. The zero-order chi connectivity index (χ0) is 26.7. The van der Waals surface area contributed by atoms with Crippen LogP contribution in [0.5, 0.6) is 0 Å². The Bertz CT molecular complexity index is 722. The summed E-state index contributed by atoms with van der Waals surface area (Å²) >= 11 is 0. The van der Waals surface area contributed by atoms with Crippen LogP contribution in [0.3, 0.4) is 0 Å². The average molecular weight is 529 g/mol. The standard InChI is InChI=1S/C23H40N6O8/c24-3-5-31-7-9-33-11-13-35-15-17-37-18-16-36-14-12-34-10-8-32-6-4-26-23(30)21-1-2-22(27-19-21)20-28-29-25/h1-2,19H,3-18,20,24H2,(H,26,30). The molecule has 1 rings (SSSR count). The van der Waals surface area contributed by atoms with E-state index in [1.165, 1.54) is 6.20 Å². The minimum absolute atomic E-state index is 0.149. The van der Waals surface area contributed by atoms with Crippen LogP contribution in [0.4, 0.5) is 0 Å². The lowest BCUT2D eigenvalue weighted by Crippen LogP contribution is -2.27. The lowest BCUT2D eigenvalue weighted by atomic mass is 10.2. The number of rotatable bonds is 26. The maximum atomic E-state index is 12.0. The van der Waals surface area contributed by atoms with Gasteiger partial charge in [-0.2, -0.15) is 0 Å². The van der Waals surface area contributed by atoms with Gasteiger partial charge < -0.3 is 44.2 Å². The Balaban J connectivity index is 1.77. The first-order chi connectivity index (χ1) is 18.3. The lowest BCUT2D eigenvalue weighted by Gasteiger charge is -2.09. The first-order valence-electron chi connectivity index (χ1n) is 12.3. The first-order valence-corrected chi connectivity index (χ1v) is 12.3. The molecule has 3 N–H and O–H groups in total. The molecule has 0 aromatic carbocycles. The smallest absolute Gasteiger partial charge is 0.252 e. The molecule has 1 aromatic rings. The second-order valence-electron chi connectivity index (χ2n) is 7.26. The molecule has 210 valence electrons. The van der Waals surface area contributed by atoms with E-state index in [4.69, 9.17) is 44.4 Å². The predicted octanol–water partition coefficient (Wildman–Crippen LogP) is 0.697. The van der Waals surface area contributed by atoms with E-state index in [1.54, 1.807) is 12.1 Å². The van der Waals surface area contributed by atoms with E-state index in [1.807, 2.05) is 0 Å². The minimum Gasteiger partial charge on any atom is -0.378 e. The van der Waals surface area contributed by atoms with Crippen LogP contribution in [0, 0.1) is 0 Å². The summed E-state index contributed by atoms with van der Waals surface area (Å²) in [7, 11) is 0. The highest BCUT2D eigenvalue weighted by atomic mass is 16.6. The molecule has 0 radical (unpaired) electrons. The van der Waals surface area contributed by atoms with Crippen LogP contribution in [-0.4, -0.2) is 116 Å². The fourth-order valence-electron chi connectivity index (χ4n) is 2.60. The highest BCUT2D eigenvalue weighted by Crippen LogP contribution is 2.02. The summed E-state index contributed by atoms with van der Waals surface area (Å²) in [4.78, 5) is 18.8. The molecule has 14 nitrogen and oxygen atoms in total. The van der Waals surface area contributed by atoms with Gasteiger partial charge in [0.1, 0.15) is 0 Å². The van der Waals surface area contributed by atoms with Crippen molar-refractivity contribution in [3.05, 3.63) is 40.0 Å². The van der Waals surface area contributed by atoms with Crippen LogP contribution in [0.1, 0.15) is 16.1 Å². The molecule has 0 saturated heterocycles. The molecule has 0 unspecified atom stereocenters. The number of azide groups is 1. The summed E-state index contributed by atoms with van der Waals surface area (Å²) in [6.45, 7) is 7.82. The molecule has 14 heteroatoms. The normalized spacial score (nSPS) is 10.8. The van der Waals surface area contributed by atoms with E-state index in [0.717, 1.165) is 0 Å². The van der Waals surface area contributed by atoms with Crippen molar-refractivity contribution >= 4 is 5.91 Å². The van der Waals surface area contributed by atoms with Crippen molar-refractivity contribution in [2.45, 2.75) is 6.54 Å². The third kappa shape index (κ3) is 20.4. The van der Waals surface area contributed by atoms with Crippen LogP contribution < -0.4 is 11.1 Å². The maximum Gasteiger partial charge on any atom is 0.252 e. The molecular formula is C23H40N6O8. The van der Waals surface area contributed by atoms with Gasteiger partial charge >= 0.3 is 0 Å². The molecule has 1 heterocycles. The van der Waals surface area contributed by atoms with Gasteiger partial charge in [0.15, 0.2) is 0 Å². The number of carbonyl (C=O) groups is 1. The van der Waals surface area contributed by atoms with Crippen molar-refractivity contribution in [1.82, 2.24) is 10.3 Å². The summed E-state index contributed by atoms with van der Waals surface area (Å²) in [6, 6.07) is 3.28. The third-order valence-electron chi connectivity index (χ3n) is 4.41. The van der Waals surface area contributed by atoms with Gasteiger partial charge in [-0.25, -0.2) is 0 Å². The zero-order valence-corrected chi connectivity index (χ0v) is 21.4. The van der Waals surface area contributed by atoms with Crippen LogP contribution >= 0.6 is 0 Å². The summed E-state index contributed by atoms with van der Waals surface area (Å²) < 4.78 is 37.6. The molecule has 0 aliphatic rings. The van der Waals surface area contributed by atoms with Gasteiger partial charge in [0.2, 0.25) is 0 Å². The number of nitrogens with two attached hydrogens (primary N) is 1. The van der Waals surface area contributed by atoms with Gasteiger partial charge in [0, 0.05) is 29.9 Å². The SMILES string of the molecule is [N-]=[N+]=NCc1ccc(C(=O)NCCOCCOCCOCCOCCOCCOCCOCCN)cn1. The van der Waals surface area contributed by atoms with Crippen molar-refractivity contribution < 1.29 is 38.0 Å². The van der Waals surface area contributed by atoms with Crippen LogP contribution in [0.15, 0.2) is 23.4 Å². The number of carbonyl (C=O) groups excluding carboxylic acids is 1. The number of aromatic nitrogens is 1. The number of nitrogens with zero attached hydrogens (tertiary/aromatic N) is 4. The molecule has 1 amide bonds. The highest BCUT2D eigenvalue weighted by Gasteiger charge is 2.05. The largest absolute Gasteiger partial charge is 0.378 e. The van der Waals surface area contributed by atoms with Crippen LogP contribution in [0.25, 0.3) is 10.4 Å². The molecule has 37 heavy (non-hydrogen) atoms. The van der Waals surface area contributed by atoms with Gasteiger partial charge in [-0.3, -0.25) is 9.78 Å². The summed E-state index contributed by atoms with van der Waals surface area (Å²) in [5.41, 5.74) is 14.6. The van der Waals surface area contributed by atoms with Crippen molar-refractivity contribution in [2.75, 3.05) is 106 Å². The molecular weight excluding hydrogens is 488 g/mol. The van der Waals surface area contributed by atoms with Crippen molar-refractivity contribution in [3.63, 3.8) is 0 Å². The Morgan fingerprint density at radius 3 is 1.65 bits per heavy atom. The van der Waals surface area contributed by atoms with Gasteiger partial charge in [0.25, 0.3) is 5.91 Å². The van der Waals surface area contributed by atoms with E-state index in [0.29, 0.717) is 117 Å². The summed E-state index contributed by atoms with van der Waals surface area (Å²) in [5, 5.41) is 6.17.